The van der Waals surface area contributed by atoms with Crippen LogP contribution in [0.25, 0.3) is 0 Å². The van der Waals surface area contributed by atoms with Gasteiger partial charge in [0.1, 0.15) is 5.82 Å². The van der Waals surface area contributed by atoms with Crippen molar-refractivity contribution >= 4 is 35.6 Å². The van der Waals surface area contributed by atoms with Crippen molar-refractivity contribution in [3.8, 4) is 0 Å². The molecule has 0 aliphatic carbocycles. The van der Waals surface area contributed by atoms with E-state index in [0.717, 1.165) is 43.0 Å². The number of hydrogen-bond donors (Lipinski definition) is 2. The lowest BCUT2D eigenvalue weighted by Crippen LogP contribution is -2.51. The van der Waals surface area contributed by atoms with Crippen LogP contribution in [0.4, 0.5) is 10.1 Å². The van der Waals surface area contributed by atoms with Crippen LogP contribution in [-0.4, -0.2) is 48.7 Å². The van der Waals surface area contributed by atoms with Crippen molar-refractivity contribution in [3.05, 3.63) is 65.5 Å². The molecule has 27 heavy (non-hydrogen) atoms. The molecule has 0 spiro atoms. The molecule has 1 aliphatic heterocycles. The average molecular weight is 484 g/mol. The van der Waals surface area contributed by atoms with E-state index in [1.807, 2.05) is 36.1 Å². The third kappa shape index (κ3) is 5.80. The lowest BCUT2D eigenvalue weighted by atomic mass is 10.1. The predicted molar refractivity (Wildman–Crippen MR) is 118 cm³/mol. The van der Waals surface area contributed by atoms with Gasteiger partial charge in [-0.2, -0.15) is 0 Å². The van der Waals surface area contributed by atoms with Crippen LogP contribution in [-0.2, 0) is 0 Å². The molecule has 0 amide bonds. The first kappa shape index (κ1) is 21.4. The van der Waals surface area contributed by atoms with Crippen molar-refractivity contribution in [3.63, 3.8) is 0 Å². The molecule has 0 saturated carbocycles. The smallest absolute Gasteiger partial charge is 0.191 e. The zero-order valence-corrected chi connectivity index (χ0v) is 17.7. The Labute approximate surface area is 176 Å². The third-order valence-electron chi connectivity index (χ3n) is 4.68. The topological polar surface area (TPSA) is 65.1 Å². The molecular formula is C20H26FIN4O. The SMILES string of the molecule is Cc1ccc(C(O)CN=C(N)N2CCN(c3ccc(F)cc3)CC2)cc1.I. The Morgan fingerprint density at radius 3 is 2.26 bits per heavy atom. The number of benzene rings is 2. The van der Waals surface area contributed by atoms with Crippen LogP contribution in [0.1, 0.15) is 17.2 Å². The van der Waals surface area contributed by atoms with Gasteiger partial charge in [0.2, 0.25) is 0 Å². The summed E-state index contributed by atoms with van der Waals surface area (Å²) >= 11 is 0. The minimum Gasteiger partial charge on any atom is -0.386 e. The van der Waals surface area contributed by atoms with Gasteiger partial charge in [0.15, 0.2) is 5.96 Å². The maximum Gasteiger partial charge on any atom is 0.191 e. The van der Waals surface area contributed by atoms with Gasteiger partial charge < -0.3 is 20.6 Å². The molecule has 1 aliphatic rings. The van der Waals surface area contributed by atoms with Crippen molar-refractivity contribution in [2.75, 3.05) is 37.6 Å². The molecule has 3 N–H and O–H groups in total. The lowest BCUT2D eigenvalue weighted by molar-refractivity contribution is 0.186. The molecule has 2 aromatic rings. The van der Waals surface area contributed by atoms with Crippen LogP contribution < -0.4 is 10.6 Å². The molecule has 0 aromatic heterocycles. The summed E-state index contributed by atoms with van der Waals surface area (Å²) in [5.74, 6) is 0.228. The Hall–Kier alpha value is -1.87. The van der Waals surface area contributed by atoms with E-state index in [1.165, 1.54) is 12.1 Å². The number of piperazine rings is 1. The van der Waals surface area contributed by atoms with E-state index in [1.54, 1.807) is 12.1 Å². The second-order valence-electron chi connectivity index (χ2n) is 6.58. The van der Waals surface area contributed by atoms with Crippen molar-refractivity contribution in [1.82, 2.24) is 4.90 Å². The van der Waals surface area contributed by atoms with Crippen LogP contribution in [0, 0.1) is 12.7 Å². The van der Waals surface area contributed by atoms with E-state index in [2.05, 4.69) is 9.89 Å². The zero-order valence-electron chi connectivity index (χ0n) is 15.4. The van der Waals surface area contributed by atoms with Gasteiger partial charge in [-0.15, -0.1) is 24.0 Å². The minimum absolute atomic E-state index is 0. The fourth-order valence-electron chi connectivity index (χ4n) is 3.02. The summed E-state index contributed by atoms with van der Waals surface area (Å²) in [5, 5.41) is 10.3. The van der Waals surface area contributed by atoms with Crippen LogP contribution in [0.15, 0.2) is 53.5 Å². The maximum atomic E-state index is 13.0. The van der Waals surface area contributed by atoms with Gasteiger partial charge in [0, 0.05) is 31.9 Å². The van der Waals surface area contributed by atoms with Gasteiger partial charge >= 0.3 is 0 Å². The monoisotopic (exact) mass is 484 g/mol. The van der Waals surface area contributed by atoms with Crippen LogP contribution in [0.5, 0.6) is 0 Å². The highest BCUT2D eigenvalue weighted by molar-refractivity contribution is 14.0. The summed E-state index contributed by atoms with van der Waals surface area (Å²) in [7, 11) is 0. The first-order valence-electron chi connectivity index (χ1n) is 8.83. The number of rotatable bonds is 4. The summed E-state index contributed by atoms with van der Waals surface area (Å²) < 4.78 is 13.0. The molecular weight excluding hydrogens is 458 g/mol. The molecule has 1 heterocycles. The number of aliphatic hydroxyl groups is 1. The highest BCUT2D eigenvalue weighted by Crippen LogP contribution is 2.17. The fourth-order valence-corrected chi connectivity index (χ4v) is 3.02. The van der Waals surface area contributed by atoms with Crippen molar-refractivity contribution in [2.24, 2.45) is 10.7 Å². The highest BCUT2D eigenvalue weighted by Gasteiger charge is 2.19. The summed E-state index contributed by atoms with van der Waals surface area (Å²) in [6, 6.07) is 14.3. The standard InChI is InChI=1S/C20H25FN4O.HI/c1-15-2-4-16(5-3-15)19(26)14-23-20(22)25-12-10-24(11-13-25)18-8-6-17(21)7-9-18;/h2-9,19,26H,10-14H2,1H3,(H2,22,23);1H. The Balaban J connectivity index is 0.00000261. The number of aliphatic imine (C=N–C) groups is 1. The van der Waals surface area contributed by atoms with Crippen molar-refractivity contribution < 1.29 is 9.50 Å². The molecule has 1 saturated heterocycles. The Bertz CT molecular complexity index is 744. The summed E-state index contributed by atoms with van der Waals surface area (Å²) in [5.41, 5.74) is 9.11. The zero-order chi connectivity index (χ0) is 18.5. The van der Waals surface area contributed by atoms with Crippen LogP contribution in [0.3, 0.4) is 0 Å². The molecule has 5 nitrogen and oxygen atoms in total. The van der Waals surface area contributed by atoms with E-state index in [0.29, 0.717) is 5.96 Å². The van der Waals surface area contributed by atoms with Gasteiger partial charge in [-0.25, -0.2) is 4.39 Å². The number of aliphatic hydroxyl groups excluding tert-OH is 1. The Morgan fingerprint density at radius 2 is 1.67 bits per heavy atom. The molecule has 1 unspecified atom stereocenters. The number of nitrogens with zero attached hydrogens (tertiary/aromatic N) is 3. The van der Waals surface area contributed by atoms with E-state index in [-0.39, 0.29) is 36.3 Å². The van der Waals surface area contributed by atoms with Gasteiger partial charge in [-0.05, 0) is 36.8 Å². The summed E-state index contributed by atoms with van der Waals surface area (Å²) in [6.07, 6.45) is -0.658. The Morgan fingerprint density at radius 1 is 1.07 bits per heavy atom. The second-order valence-corrected chi connectivity index (χ2v) is 6.58. The lowest BCUT2D eigenvalue weighted by Gasteiger charge is -2.36. The number of halogens is 2. The number of hydrogen-bond acceptors (Lipinski definition) is 3. The molecule has 7 heteroatoms. The normalized spacial score (nSPS) is 16.0. The molecule has 1 fully saturated rings. The average Bonchev–Trinajstić information content (AvgIpc) is 2.67. The first-order valence-corrected chi connectivity index (χ1v) is 8.83. The van der Waals surface area contributed by atoms with Gasteiger partial charge in [0.25, 0.3) is 0 Å². The van der Waals surface area contributed by atoms with E-state index < -0.39 is 6.10 Å². The molecule has 2 aromatic carbocycles. The molecule has 1 atom stereocenters. The first-order chi connectivity index (χ1) is 12.5. The summed E-state index contributed by atoms with van der Waals surface area (Å²) in [6.45, 7) is 5.33. The van der Waals surface area contributed by atoms with Crippen molar-refractivity contribution in [1.29, 1.82) is 0 Å². The van der Waals surface area contributed by atoms with Crippen molar-refractivity contribution in [2.45, 2.75) is 13.0 Å². The van der Waals surface area contributed by atoms with E-state index in [4.69, 9.17) is 5.73 Å². The number of aryl methyl sites for hydroxylation is 1. The second kappa shape index (κ2) is 9.89. The molecule has 3 rings (SSSR count). The highest BCUT2D eigenvalue weighted by atomic mass is 127. The third-order valence-corrected chi connectivity index (χ3v) is 4.68. The van der Waals surface area contributed by atoms with Crippen LogP contribution in [0.2, 0.25) is 0 Å². The number of nitrogens with two attached hydrogens (primary N) is 1. The van der Waals surface area contributed by atoms with E-state index >= 15 is 0 Å². The van der Waals surface area contributed by atoms with Gasteiger partial charge in [0.05, 0.1) is 12.6 Å². The molecule has 0 radical (unpaired) electrons. The molecule has 0 bridgehead atoms. The largest absolute Gasteiger partial charge is 0.386 e. The summed E-state index contributed by atoms with van der Waals surface area (Å²) in [4.78, 5) is 8.57. The van der Waals surface area contributed by atoms with Gasteiger partial charge in [-0.3, -0.25) is 4.99 Å². The number of anilines is 1. The Kier molecular flexibility index (Phi) is 7.85. The van der Waals surface area contributed by atoms with E-state index in [9.17, 15) is 9.50 Å². The minimum atomic E-state index is -0.658. The number of guanidine groups is 1. The molecule has 146 valence electrons. The maximum absolute atomic E-state index is 13.0. The van der Waals surface area contributed by atoms with Crippen LogP contribution >= 0.6 is 24.0 Å². The quantitative estimate of drug-likeness (QED) is 0.398. The fraction of sp³-hybridized carbons (Fsp3) is 0.350. The van der Waals surface area contributed by atoms with Gasteiger partial charge in [-0.1, -0.05) is 29.8 Å². The predicted octanol–water partition coefficient (Wildman–Crippen LogP) is 2.92.